The summed E-state index contributed by atoms with van der Waals surface area (Å²) < 4.78 is 10.3. The van der Waals surface area contributed by atoms with Gasteiger partial charge in [-0.2, -0.15) is 0 Å². The highest BCUT2D eigenvalue weighted by atomic mass is 16.6. The van der Waals surface area contributed by atoms with Crippen molar-refractivity contribution in [3.63, 3.8) is 0 Å². The molecule has 5 heteroatoms. The molecule has 0 aromatic heterocycles. The number of benzene rings is 1. The van der Waals surface area contributed by atoms with Crippen LogP contribution in [0, 0.1) is 0 Å². The number of rotatable bonds is 5. The van der Waals surface area contributed by atoms with Gasteiger partial charge in [-0.1, -0.05) is 18.2 Å². The highest BCUT2D eigenvalue weighted by Crippen LogP contribution is 2.11. The van der Waals surface area contributed by atoms with Crippen molar-refractivity contribution in [2.75, 3.05) is 6.61 Å². The maximum absolute atomic E-state index is 11.7. The fourth-order valence-electron chi connectivity index (χ4n) is 1.46. The van der Waals surface area contributed by atoms with Gasteiger partial charge in [0.15, 0.2) is 12.7 Å². The summed E-state index contributed by atoms with van der Waals surface area (Å²) >= 11 is 0. The van der Waals surface area contributed by atoms with Crippen LogP contribution in [-0.2, 0) is 14.3 Å². The van der Waals surface area contributed by atoms with E-state index in [9.17, 15) is 9.59 Å². The van der Waals surface area contributed by atoms with Gasteiger partial charge in [0, 0.05) is 5.54 Å². The number of nitrogens with one attached hydrogen (secondary N) is 1. The minimum absolute atomic E-state index is 0.307. The first kappa shape index (κ1) is 16.0. The molecular weight excluding hydrogens is 258 g/mol. The fraction of sp³-hybridized carbons (Fsp3) is 0.467. The van der Waals surface area contributed by atoms with Crippen LogP contribution in [0.4, 0.5) is 0 Å². The van der Waals surface area contributed by atoms with E-state index in [0.29, 0.717) is 5.75 Å². The predicted molar refractivity (Wildman–Crippen MR) is 75.4 cm³/mol. The van der Waals surface area contributed by atoms with Gasteiger partial charge in [-0.15, -0.1) is 0 Å². The maximum Gasteiger partial charge on any atom is 0.347 e. The Labute approximate surface area is 119 Å². The molecular formula is C15H21NO4. The van der Waals surface area contributed by atoms with Gasteiger partial charge in [-0.25, -0.2) is 4.79 Å². The maximum atomic E-state index is 11.7. The van der Waals surface area contributed by atoms with Crippen LogP contribution in [0.3, 0.4) is 0 Å². The molecule has 110 valence electrons. The minimum atomic E-state index is -0.764. The Kier molecular flexibility index (Phi) is 5.55. The summed E-state index contributed by atoms with van der Waals surface area (Å²) in [7, 11) is 0. The van der Waals surface area contributed by atoms with Crippen LogP contribution in [0.25, 0.3) is 0 Å². The summed E-state index contributed by atoms with van der Waals surface area (Å²) in [6, 6.07) is 8.97. The van der Waals surface area contributed by atoms with Gasteiger partial charge in [0.2, 0.25) is 0 Å². The highest BCUT2D eigenvalue weighted by Gasteiger charge is 2.19. The van der Waals surface area contributed by atoms with Crippen LogP contribution in [-0.4, -0.2) is 30.1 Å². The molecule has 1 aromatic carbocycles. The Morgan fingerprint density at radius 1 is 1.20 bits per heavy atom. The molecule has 1 N–H and O–H groups in total. The number of amides is 1. The van der Waals surface area contributed by atoms with Crippen molar-refractivity contribution in [3.8, 4) is 5.75 Å². The summed E-state index contributed by atoms with van der Waals surface area (Å²) in [5.74, 6) is -0.327. The van der Waals surface area contributed by atoms with E-state index in [0.717, 1.165) is 0 Å². The molecule has 1 atom stereocenters. The Hall–Kier alpha value is -2.04. The Bertz CT molecular complexity index is 451. The third-order valence-electron chi connectivity index (χ3n) is 2.25. The van der Waals surface area contributed by atoms with E-state index in [1.807, 2.05) is 39.0 Å². The lowest BCUT2D eigenvalue weighted by molar-refractivity contribution is -0.155. The monoisotopic (exact) mass is 279 g/mol. The van der Waals surface area contributed by atoms with Crippen LogP contribution in [0.5, 0.6) is 5.75 Å². The molecule has 0 unspecified atom stereocenters. The number of carbonyl (C=O) groups is 2. The van der Waals surface area contributed by atoms with E-state index in [-0.39, 0.29) is 18.1 Å². The van der Waals surface area contributed by atoms with Gasteiger partial charge in [-0.3, -0.25) is 4.79 Å². The lowest BCUT2D eigenvalue weighted by Gasteiger charge is -2.20. The standard InChI is InChI=1S/C15H21NO4/c1-11(20-12-8-6-5-7-9-12)14(18)19-10-13(17)16-15(2,3)4/h5-9,11H,10H2,1-4H3,(H,16,17)/t11-/m0/s1. The SMILES string of the molecule is C[C@H](Oc1ccccc1)C(=O)OCC(=O)NC(C)(C)C. The summed E-state index contributed by atoms with van der Waals surface area (Å²) in [6.45, 7) is 6.84. The number of esters is 1. The van der Waals surface area contributed by atoms with Crippen LogP contribution in [0.15, 0.2) is 30.3 Å². The fourth-order valence-corrected chi connectivity index (χ4v) is 1.46. The molecule has 1 amide bonds. The second kappa shape index (κ2) is 6.93. The van der Waals surface area contributed by atoms with E-state index < -0.39 is 12.1 Å². The molecule has 0 saturated heterocycles. The number of hydrogen-bond donors (Lipinski definition) is 1. The number of carbonyl (C=O) groups excluding carboxylic acids is 2. The van der Waals surface area contributed by atoms with Gasteiger partial charge in [-0.05, 0) is 39.8 Å². The zero-order valence-electron chi connectivity index (χ0n) is 12.3. The molecule has 0 bridgehead atoms. The number of para-hydroxylation sites is 1. The van der Waals surface area contributed by atoms with Crippen molar-refractivity contribution in [1.82, 2.24) is 5.32 Å². The van der Waals surface area contributed by atoms with Crippen molar-refractivity contribution in [2.45, 2.75) is 39.3 Å². The van der Waals surface area contributed by atoms with Crippen molar-refractivity contribution >= 4 is 11.9 Å². The second-order valence-corrected chi connectivity index (χ2v) is 5.48. The smallest absolute Gasteiger partial charge is 0.347 e. The molecule has 1 rings (SSSR count). The molecule has 0 fully saturated rings. The molecule has 20 heavy (non-hydrogen) atoms. The van der Waals surface area contributed by atoms with Crippen molar-refractivity contribution < 1.29 is 19.1 Å². The summed E-state index contributed by atoms with van der Waals surface area (Å²) in [5.41, 5.74) is -0.352. The summed E-state index contributed by atoms with van der Waals surface area (Å²) in [6.07, 6.45) is -0.764. The molecule has 0 aliphatic heterocycles. The molecule has 0 spiro atoms. The molecule has 0 aliphatic rings. The van der Waals surface area contributed by atoms with Crippen LogP contribution in [0.1, 0.15) is 27.7 Å². The third-order valence-corrected chi connectivity index (χ3v) is 2.25. The Morgan fingerprint density at radius 2 is 1.80 bits per heavy atom. The van der Waals surface area contributed by atoms with Crippen LogP contribution >= 0.6 is 0 Å². The van der Waals surface area contributed by atoms with Crippen molar-refractivity contribution in [3.05, 3.63) is 30.3 Å². The van der Waals surface area contributed by atoms with Gasteiger partial charge >= 0.3 is 5.97 Å². The largest absolute Gasteiger partial charge is 0.479 e. The minimum Gasteiger partial charge on any atom is -0.479 e. The first-order chi connectivity index (χ1) is 9.28. The molecule has 1 aromatic rings. The quantitative estimate of drug-likeness (QED) is 0.836. The molecule has 0 aliphatic carbocycles. The van der Waals surface area contributed by atoms with E-state index in [1.165, 1.54) is 0 Å². The first-order valence-electron chi connectivity index (χ1n) is 6.47. The molecule has 5 nitrogen and oxygen atoms in total. The van der Waals surface area contributed by atoms with Gasteiger partial charge < -0.3 is 14.8 Å². The van der Waals surface area contributed by atoms with Crippen LogP contribution in [0.2, 0.25) is 0 Å². The van der Waals surface area contributed by atoms with Gasteiger partial charge in [0.05, 0.1) is 0 Å². The normalized spacial score (nSPS) is 12.4. The average Bonchev–Trinajstić information content (AvgIpc) is 2.35. The lowest BCUT2D eigenvalue weighted by Crippen LogP contribution is -2.43. The van der Waals surface area contributed by atoms with E-state index in [2.05, 4.69) is 5.32 Å². The zero-order chi connectivity index (χ0) is 15.2. The van der Waals surface area contributed by atoms with Gasteiger partial charge in [0.25, 0.3) is 5.91 Å². The first-order valence-corrected chi connectivity index (χ1v) is 6.47. The topological polar surface area (TPSA) is 64.6 Å². The molecule has 0 saturated carbocycles. The van der Waals surface area contributed by atoms with E-state index >= 15 is 0 Å². The van der Waals surface area contributed by atoms with E-state index in [1.54, 1.807) is 19.1 Å². The molecule has 0 heterocycles. The van der Waals surface area contributed by atoms with Crippen LogP contribution < -0.4 is 10.1 Å². The van der Waals surface area contributed by atoms with E-state index in [4.69, 9.17) is 9.47 Å². The zero-order valence-corrected chi connectivity index (χ0v) is 12.3. The Morgan fingerprint density at radius 3 is 2.35 bits per heavy atom. The van der Waals surface area contributed by atoms with Gasteiger partial charge in [0.1, 0.15) is 5.75 Å². The average molecular weight is 279 g/mol. The highest BCUT2D eigenvalue weighted by molar-refractivity contribution is 5.82. The second-order valence-electron chi connectivity index (χ2n) is 5.48. The summed E-state index contributed by atoms with van der Waals surface area (Å²) in [5, 5.41) is 2.71. The lowest BCUT2D eigenvalue weighted by atomic mass is 10.1. The van der Waals surface area contributed by atoms with Crippen molar-refractivity contribution in [2.24, 2.45) is 0 Å². The predicted octanol–water partition coefficient (Wildman–Crippen LogP) is 1.91. The van der Waals surface area contributed by atoms with Crippen molar-refractivity contribution in [1.29, 1.82) is 0 Å². The number of ether oxygens (including phenoxy) is 2. The third kappa shape index (κ3) is 6.22. The summed E-state index contributed by atoms with van der Waals surface area (Å²) in [4.78, 5) is 23.2. The molecule has 0 radical (unpaired) electrons. The number of hydrogen-bond acceptors (Lipinski definition) is 4. The Balaban J connectivity index is 2.37.